The lowest BCUT2D eigenvalue weighted by molar-refractivity contribution is 0.242. The Bertz CT molecular complexity index is 404. The predicted molar refractivity (Wildman–Crippen MR) is 96.1 cm³/mol. The van der Waals surface area contributed by atoms with E-state index in [1.165, 1.54) is 5.56 Å². The quantitative estimate of drug-likeness (QED) is 0.449. The van der Waals surface area contributed by atoms with Crippen LogP contribution in [0.3, 0.4) is 0 Å². The van der Waals surface area contributed by atoms with Gasteiger partial charge >= 0.3 is 0 Å². The van der Waals surface area contributed by atoms with Crippen LogP contribution in [0.5, 0.6) is 5.75 Å². The summed E-state index contributed by atoms with van der Waals surface area (Å²) in [5.41, 5.74) is 1.18. The van der Waals surface area contributed by atoms with Gasteiger partial charge in [0.15, 0.2) is 5.96 Å². The Kier molecular flexibility index (Phi) is 8.60. The van der Waals surface area contributed by atoms with Gasteiger partial charge in [-0.2, -0.15) is 0 Å². The van der Waals surface area contributed by atoms with Gasteiger partial charge in [0.1, 0.15) is 5.75 Å². The minimum atomic E-state index is 0. The van der Waals surface area contributed by atoms with E-state index in [1.54, 1.807) is 0 Å². The first-order valence-corrected chi connectivity index (χ1v) is 6.55. The molecule has 0 bridgehead atoms. The van der Waals surface area contributed by atoms with Gasteiger partial charge in [-0.25, -0.2) is 4.99 Å². The minimum absolute atomic E-state index is 0. The normalized spacial score (nSPS) is 9.75. The molecule has 1 aromatic carbocycles. The van der Waals surface area contributed by atoms with E-state index in [0.717, 1.165) is 11.7 Å². The monoisotopic (exact) mass is 391 g/mol. The molecule has 0 unspecified atom stereocenters. The maximum atomic E-state index is 5.62. The first kappa shape index (κ1) is 19.0. The zero-order valence-electron chi connectivity index (χ0n) is 13.3. The number of guanidine groups is 1. The lowest BCUT2D eigenvalue weighted by Crippen LogP contribution is -2.35. The third-order valence-corrected chi connectivity index (χ3v) is 2.50. The van der Waals surface area contributed by atoms with Crippen LogP contribution in [-0.4, -0.2) is 50.1 Å². The number of hydrogen-bond acceptors (Lipinski definition) is 2. The van der Waals surface area contributed by atoms with E-state index in [0.29, 0.717) is 6.54 Å². The van der Waals surface area contributed by atoms with E-state index in [-0.39, 0.29) is 30.1 Å². The Hall–Kier alpha value is -0.980. The molecule has 1 rings (SSSR count). The second-order valence-corrected chi connectivity index (χ2v) is 5.22. The molecule has 0 N–H and O–H groups in total. The van der Waals surface area contributed by atoms with Gasteiger partial charge < -0.3 is 14.5 Å². The van der Waals surface area contributed by atoms with Crippen LogP contribution >= 0.6 is 24.0 Å². The van der Waals surface area contributed by atoms with Crippen molar-refractivity contribution in [3.8, 4) is 5.75 Å². The maximum Gasteiger partial charge on any atom is 0.195 e. The summed E-state index contributed by atoms with van der Waals surface area (Å²) in [6.07, 6.45) is 0.206. The Morgan fingerprint density at radius 1 is 1.05 bits per heavy atom. The SMILES string of the molecule is CC(C)Oc1ccc(CN=C(N(C)C)N(C)C)cc1.I. The number of nitrogens with zero attached hydrogens (tertiary/aromatic N) is 3. The van der Waals surface area contributed by atoms with Gasteiger partial charge in [0, 0.05) is 28.2 Å². The van der Waals surface area contributed by atoms with Crippen LogP contribution in [0, 0.1) is 0 Å². The van der Waals surface area contributed by atoms with Gasteiger partial charge in [0.2, 0.25) is 0 Å². The fourth-order valence-corrected chi connectivity index (χ4v) is 1.79. The summed E-state index contributed by atoms with van der Waals surface area (Å²) in [7, 11) is 7.99. The molecule has 0 amide bonds. The molecular formula is C15H26IN3O. The second kappa shape index (κ2) is 9.05. The zero-order chi connectivity index (χ0) is 14.4. The minimum Gasteiger partial charge on any atom is -0.491 e. The van der Waals surface area contributed by atoms with Crippen LogP contribution in [0.4, 0.5) is 0 Å². The predicted octanol–water partition coefficient (Wildman–Crippen LogP) is 3.07. The molecule has 0 spiro atoms. The molecule has 0 fully saturated rings. The number of hydrogen-bond donors (Lipinski definition) is 0. The number of benzene rings is 1. The summed E-state index contributed by atoms with van der Waals surface area (Å²) in [4.78, 5) is 8.63. The molecule has 0 radical (unpaired) electrons. The second-order valence-electron chi connectivity index (χ2n) is 5.22. The molecule has 0 aliphatic rings. The Balaban J connectivity index is 0.00000361. The summed E-state index contributed by atoms with van der Waals surface area (Å²) < 4.78 is 5.62. The van der Waals surface area contributed by atoms with E-state index < -0.39 is 0 Å². The smallest absolute Gasteiger partial charge is 0.195 e. The maximum absolute atomic E-state index is 5.62. The molecule has 0 aliphatic carbocycles. The molecule has 20 heavy (non-hydrogen) atoms. The van der Waals surface area contributed by atoms with Crippen molar-refractivity contribution in [2.24, 2.45) is 4.99 Å². The van der Waals surface area contributed by atoms with E-state index in [2.05, 4.69) is 17.1 Å². The van der Waals surface area contributed by atoms with Crippen molar-refractivity contribution in [3.05, 3.63) is 29.8 Å². The highest BCUT2D eigenvalue weighted by atomic mass is 127. The largest absolute Gasteiger partial charge is 0.491 e. The highest BCUT2D eigenvalue weighted by Gasteiger charge is 2.04. The van der Waals surface area contributed by atoms with Gasteiger partial charge in [-0.3, -0.25) is 0 Å². The summed E-state index contributed by atoms with van der Waals surface area (Å²) in [5, 5.41) is 0. The lowest BCUT2D eigenvalue weighted by Gasteiger charge is -2.22. The van der Waals surface area contributed by atoms with Crippen molar-refractivity contribution in [1.29, 1.82) is 0 Å². The van der Waals surface area contributed by atoms with Crippen LogP contribution in [-0.2, 0) is 6.54 Å². The van der Waals surface area contributed by atoms with Crippen molar-refractivity contribution in [1.82, 2.24) is 9.80 Å². The molecule has 0 heterocycles. The highest BCUT2D eigenvalue weighted by molar-refractivity contribution is 14.0. The number of aliphatic imine (C=N–C) groups is 1. The first-order chi connectivity index (χ1) is 8.90. The van der Waals surface area contributed by atoms with Gasteiger partial charge in [0.25, 0.3) is 0 Å². The fourth-order valence-electron chi connectivity index (χ4n) is 1.79. The summed E-state index contributed by atoms with van der Waals surface area (Å²) in [5.74, 6) is 1.87. The van der Waals surface area contributed by atoms with Crippen LogP contribution in [0.25, 0.3) is 0 Å². The summed E-state index contributed by atoms with van der Waals surface area (Å²) in [6.45, 7) is 4.73. The van der Waals surface area contributed by atoms with E-state index in [1.807, 2.05) is 64.0 Å². The molecule has 0 aromatic heterocycles. The zero-order valence-corrected chi connectivity index (χ0v) is 15.6. The average Bonchev–Trinajstić information content (AvgIpc) is 2.29. The van der Waals surface area contributed by atoms with Gasteiger partial charge in [-0.1, -0.05) is 12.1 Å². The topological polar surface area (TPSA) is 28.1 Å². The highest BCUT2D eigenvalue weighted by Crippen LogP contribution is 2.14. The summed E-state index contributed by atoms with van der Waals surface area (Å²) in [6, 6.07) is 8.11. The van der Waals surface area contributed by atoms with Crippen molar-refractivity contribution in [2.75, 3.05) is 28.2 Å². The van der Waals surface area contributed by atoms with Gasteiger partial charge in [-0.15, -0.1) is 24.0 Å². The molecular weight excluding hydrogens is 365 g/mol. The van der Waals surface area contributed by atoms with Crippen molar-refractivity contribution in [3.63, 3.8) is 0 Å². The van der Waals surface area contributed by atoms with Crippen LogP contribution in [0.2, 0.25) is 0 Å². The molecule has 0 saturated carbocycles. The van der Waals surface area contributed by atoms with E-state index in [9.17, 15) is 0 Å². The van der Waals surface area contributed by atoms with Crippen LogP contribution in [0.1, 0.15) is 19.4 Å². The molecule has 5 heteroatoms. The average molecular weight is 391 g/mol. The number of rotatable bonds is 4. The molecule has 114 valence electrons. The Labute approximate surface area is 139 Å². The first-order valence-electron chi connectivity index (χ1n) is 6.55. The third kappa shape index (κ3) is 6.45. The van der Waals surface area contributed by atoms with Crippen molar-refractivity contribution >= 4 is 29.9 Å². The van der Waals surface area contributed by atoms with E-state index in [4.69, 9.17) is 4.74 Å². The Morgan fingerprint density at radius 3 is 1.95 bits per heavy atom. The molecule has 0 atom stereocenters. The third-order valence-electron chi connectivity index (χ3n) is 2.50. The molecule has 0 aliphatic heterocycles. The van der Waals surface area contributed by atoms with Gasteiger partial charge in [-0.05, 0) is 31.5 Å². The van der Waals surface area contributed by atoms with E-state index >= 15 is 0 Å². The molecule has 4 nitrogen and oxygen atoms in total. The van der Waals surface area contributed by atoms with Crippen molar-refractivity contribution in [2.45, 2.75) is 26.5 Å². The molecule has 0 saturated heterocycles. The van der Waals surface area contributed by atoms with Crippen LogP contribution < -0.4 is 4.74 Å². The fraction of sp³-hybridized carbons (Fsp3) is 0.533. The lowest BCUT2D eigenvalue weighted by atomic mass is 10.2. The van der Waals surface area contributed by atoms with Crippen molar-refractivity contribution < 1.29 is 4.74 Å². The van der Waals surface area contributed by atoms with Crippen LogP contribution in [0.15, 0.2) is 29.3 Å². The number of halogens is 1. The standard InChI is InChI=1S/C15H25N3O.HI/c1-12(2)19-14-9-7-13(8-10-14)11-16-15(17(3)4)18(5)6;/h7-10,12H,11H2,1-6H3;1H. The van der Waals surface area contributed by atoms with Gasteiger partial charge in [0.05, 0.1) is 12.6 Å². The Morgan fingerprint density at radius 2 is 1.55 bits per heavy atom. The molecule has 1 aromatic rings. The number of ether oxygens (including phenoxy) is 1. The summed E-state index contributed by atoms with van der Waals surface area (Å²) >= 11 is 0.